The Kier molecular flexibility index (Phi) is 2.49. The molecule has 5 heteroatoms. The quantitative estimate of drug-likeness (QED) is 0.647. The van der Waals surface area contributed by atoms with Gasteiger partial charge in [-0.05, 0) is 12.8 Å². The molecule has 0 aliphatic carbocycles. The number of rotatable bonds is 1. The largest absolute Gasteiger partial charge is 0.391 e. The van der Waals surface area contributed by atoms with Crippen molar-refractivity contribution in [3.05, 3.63) is 22.7 Å². The number of hydrogen-bond acceptors (Lipinski definition) is 4. The average Bonchev–Trinajstić information content (AvgIpc) is 2.18. The lowest BCUT2D eigenvalue weighted by Gasteiger charge is -2.30. The number of β-amino-alcohol motifs (C(OH)–C–C–N with tert-alkyl or cyclic N) is 1. The summed E-state index contributed by atoms with van der Waals surface area (Å²) in [5, 5.41) is 9.45. The highest BCUT2D eigenvalue weighted by atomic mass is 16.3. The highest BCUT2D eigenvalue weighted by Crippen LogP contribution is 2.15. The molecule has 2 rings (SSSR count). The first-order valence-electron chi connectivity index (χ1n) is 4.73. The normalized spacial score (nSPS) is 22.4. The molecule has 1 fully saturated rings. The summed E-state index contributed by atoms with van der Waals surface area (Å²) in [6, 6.07) is 1.46. The molecule has 1 atom stereocenters. The highest BCUT2D eigenvalue weighted by Gasteiger charge is 2.18. The molecule has 0 amide bonds. The van der Waals surface area contributed by atoms with Crippen molar-refractivity contribution in [3.63, 3.8) is 0 Å². The molecule has 2 N–H and O–H groups in total. The van der Waals surface area contributed by atoms with E-state index in [9.17, 15) is 9.90 Å². The second kappa shape index (κ2) is 3.79. The van der Waals surface area contributed by atoms with E-state index in [0.717, 1.165) is 19.4 Å². The zero-order valence-electron chi connectivity index (χ0n) is 7.81. The third-order valence-corrected chi connectivity index (χ3v) is 2.38. The lowest BCUT2D eigenvalue weighted by molar-refractivity contribution is 0.154. The Morgan fingerprint density at radius 1 is 1.64 bits per heavy atom. The number of aromatic nitrogens is 2. The van der Waals surface area contributed by atoms with E-state index in [1.165, 1.54) is 12.4 Å². The lowest BCUT2D eigenvalue weighted by atomic mass is 10.1. The molecule has 5 nitrogen and oxygen atoms in total. The first-order valence-corrected chi connectivity index (χ1v) is 4.73. The van der Waals surface area contributed by atoms with Crippen LogP contribution in [0.25, 0.3) is 0 Å². The van der Waals surface area contributed by atoms with Crippen LogP contribution in [0.3, 0.4) is 0 Å². The fourth-order valence-electron chi connectivity index (χ4n) is 1.69. The zero-order chi connectivity index (χ0) is 9.97. The van der Waals surface area contributed by atoms with Crippen molar-refractivity contribution in [3.8, 4) is 0 Å². The van der Waals surface area contributed by atoms with E-state index in [1.807, 2.05) is 4.90 Å². The van der Waals surface area contributed by atoms with Crippen LogP contribution in [-0.4, -0.2) is 34.3 Å². The van der Waals surface area contributed by atoms with E-state index in [1.54, 1.807) is 0 Å². The molecule has 14 heavy (non-hydrogen) atoms. The summed E-state index contributed by atoms with van der Waals surface area (Å²) in [6.45, 7) is 1.42. The van der Waals surface area contributed by atoms with E-state index in [-0.39, 0.29) is 11.7 Å². The molecule has 1 saturated heterocycles. The van der Waals surface area contributed by atoms with Crippen LogP contribution >= 0.6 is 0 Å². The average molecular weight is 195 g/mol. The maximum Gasteiger partial charge on any atom is 0.252 e. The van der Waals surface area contributed by atoms with Crippen LogP contribution in [0.15, 0.2) is 17.2 Å². The number of nitrogens with one attached hydrogen (secondary N) is 1. The fourth-order valence-corrected chi connectivity index (χ4v) is 1.69. The summed E-state index contributed by atoms with van der Waals surface area (Å²) in [5.74, 6) is 0.646. The highest BCUT2D eigenvalue weighted by molar-refractivity contribution is 5.37. The van der Waals surface area contributed by atoms with Gasteiger partial charge in [-0.15, -0.1) is 0 Å². The van der Waals surface area contributed by atoms with Crippen LogP contribution in [-0.2, 0) is 0 Å². The summed E-state index contributed by atoms with van der Waals surface area (Å²) in [5.41, 5.74) is -0.157. The van der Waals surface area contributed by atoms with Crippen LogP contribution in [0.2, 0.25) is 0 Å². The Hall–Kier alpha value is -1.36. The molecule has 1 aromatic heterocycles. The van der Waals surface area contributed by atoms with Gasteiger partial charge in [0.1, 0.15) is 5.82 Å². The number of nitrogens with zero attached hydrogens (tertiary/aromatic N) is 2. The van der Waals surface area contributed by atoms with E-state index in [2.05, 4.69) is 9.97 Å². The third kappa shape index (κ3) is 1.93. The zero-order valence-corrected chi connectivity index (χ0v) is 7.81. The second-order valence-corrected chi connectivity index (χ2v) is 3.51. The van der Waals surface area contributed by atoms with Gasteiger partial charge in [0, 0.05) is 19.2 Å². The maximum atomic E-state index is 11.0. The van der Waals surface area contributed by atoms with Crippen molar-refractivity contribution >= 4 is 5.82 Å². The second-order valence-electron chi connectivity index (χ2n) is 3.51. The molecule has 0 bridgehead atoms. The Morgan fingerprint density at radius 3 is 3.21 bits per heavy atom. The van der Waals surface area contributed by atoms with Crippen LogP contribution in [0.5, 0.6) is 0 Å². The predicted octanol–water partition coefficient (Wildman–Crippen LogP) is -0.269. The molecule has 1 aliphatic heterocycles. The summed E-state index contributed by atoms with van der Waals surface area (Å²) in [4.78, 5) is 19.5. The summed E-state index contributed by atoms with van der Waals surface area (Å²) >= 11 is 0. The number of anilines is 1. The number of H-pyrrole nitrogens is 1. The molecule has 76 valence electrons. The number of aliphatic hydroxyl groups excluding tert-OH is 1. The molecule has 0 spiro atoms. The van der Waals surface area contributed by atoms with Crippen molar-refractivity contribution in [2.24, 2.45) is 0 Å². The molecule has 1 aliphatic rings. The lowest BCUT2D eigenvalue weighted by Crippen LogP contribution is -2.39. The first kappa shape index (κ1) is 9.21. The van der Waals surface area contributed by atoms with Crippen LogP contribution in [0.4, 0.5) is 5.82 Å². The molecule has 1 aromatic rings. The number of piperidine rings is 1. The monoisotopic (exact) mass is 195 g/mol. The van der Waals surface area contributed by atoms with Gasteiger partial charge in [-0.2, -0.15) is 0 Å². The smallest absolute Gasteiger partial charge is 0.252 e. The Balaban J connectivity index is 2.18. The van der Waals surface area contributed by atoms with Crippen LogP contribution < -0.4 is 10.5 Å². The van der Waals surface area contributed by atoms with Gasteiger partial charge in [-0.3, -0.25) is 4.79 Å². The Labute approximate surface area is 81.4 Å². The van der Waals surface area contributed by atoms with Crippen molar-refractivity contribution in [1.82, 2.24) is 9.97 Å². The van der Waals surface area contributed by atoms with Crippen molar-refractivity contribution in [2.75, 3.05) is 18.0 Å². The van der Waals surface area contributed by atoms with E-state index in [4.69, 9.17) is 0 Å². The summed E-state index contributed by atoms with van der Waals surface area (Å²) in [6.07, 6.45) is 2.86. The van der Waals surface area contributed by atoms with Gasteiger partial charge in [0.15, 0.2) is 0 Å². The van der Waals surface area contributed by atoms with Gasteiger partial charge in [-0.1, -0.05) is 0 Å². The van der Waals surface area contributed by atoms with Crippen molar-refractivity contribution in [1.29, 1.82) is 0 Å². The molecule has 0 saturated carbocycles. The molecular formula is C9H13N3O2. The number of aromatic amines is 1. The van der Waals surface area contributed by atoms with Crippen LogP contribution in [0, 0.1) is 0 Å². The van der Waals surface area contributed by atoms with E-state index < -0.39 is 0 Å². The molecule has 0 aromatic carbocycles. The number of aliphatic hydroxyl groups is 1. The minimum absolute atomic E-state index is 0.157. The molecule has 2 heterocycles. The van der Waals surface area contributed by atoms with Gasteiger partial charge in [0.05, 0.1) is 12.4 Å². The predicted molar refractivity (Wildman–Crippen MR) is 52.3 cm³/mol. The summed E-state index contributed by atoms with van der Waals surface area (Å²) < 4.78 is 0. The maximum absolute atomic E-state index is 11.0. The topological polar surface area (TPSA) is 69.2 Å². The minimum Gasteiger partial charge on any atom is -0.391 e. The van der Waals surface area contributed by atoms with Crippen molar-refractivity contribution < 1.29 is 5.11 Å². The Morgan fingerprint density at radius 2 is 2.50 bits per heavy atom. The molecule has 0 radical (unpaired) electrons. The van der Waals surface area contributed by atoms with Gasteiger partial charge < -0.3 is 15.0 Å². The minimum atomic E-state index is -0.301. The van der Waals surface area contributed by atoms with Crippen LogP contribution in [0.1, 0.15) is 12.8 Å². The van der Waals surface area contributed by atoms with E-state index >= 15 is 0 Å². The van der Waals surface area contributed by atoms with E-state index in [0.29, 0.717) is 12.4 Å². The van der Waals surface area contributed by atoms with Gasteiger partial charge >= 0.3 is 0 Å². The SMILES string of the molecule is O=c1cc(N2CCCC(O)C2)nc[nH]1. The van der Waals surface area contributed by atoms with Gasteiger partial charge in [0.25, 0.3) is 5.56 Å². The molecular weight excluding hydrogens is 182 g/mol. The standard InChI is InChI=1S/C9H13N3O2/c13-7-2-1-3-12(5-7)8-4-9(14)11-6-10-8/h4,6-7,13H,1-3,5H2,(H,10,11,14). The first-order chi connectivity index (χ1) is 6.75. The fraction of sp³-hybridized carbons (Fsp3) is 0.556. The van der Waals surface area contributed by atoms with Gasteiger partial charge in [-0.25, -0.2) is 4.98 Å². The van der Waals surface area contributed by atoms with Gasteiger partial charge in [0.2, 0.25) is 0 Å². The van der Waals surface area contributed by atoms with Crippen molar-refractivity contribution in [2.45, 2.75) is 18.9 Å². The summed E-state index contributed by atoms with van der Waals surface area (Å²) in [7, 11) is 0. The molecule has 1 unspecified atom stereocenters. The third-order valence-electron chi connectivity index (χ3n) is 2.38. The number of hydrogen-bond donors (Lipinski definition) is 2. The Bertz CT molecular complexity index is 363.